The Morgan fingerprint density at radius 3 is 2.76 bits per heavy atom. The summed E-state index contributed by atoms with van der Waals surface area (Å²) in [6.45, 7) is 5.66. The van der Waals surface area contributed by atoms with Gasteiger partial charge >= 0.3 is 0 Å². The zero-order valence-corrected chi connectivity index (χ0v) is 12.2. The molecule has 6 heteroatoms. The second-order valence-electron chi connectivity index (χ2n) is 5.44. The molecule has 0 spiro atoms. The molecule has 1 fully saturated rings. The third-order valence-corrected chi connectivity index (χ3v) is 3.46. The summed E-state index contributed by atoms with van der Waals surface area (Å²) in [5.41, 5.74) is 0. The standard InChI is InChI=1S/C15H19N3O3/c1-11-8-17(9-12(2)20-11)15(19)14-5-4-13(21-14)10-18-7-3-6-16-18/h3-7,11-12H,8-10H2,1-2H3. The van der Waals surface area contributed by atoms with Crippen LogP contribution in [-0.2, 0) is 11.3 Å². The van der Waals surface area contributed by atoms with E-state index in [9.17, 15) is 4.79 Å². The highest BCUT2D eigenvalue weighted by atomic mass is 16.5. The number of aromatic nitrogens is 2. The van der Waals surface area contributed by atoms with Crippen LogP contribution in [0.3, 0.4) is 0 Å². The van der Waals surface area contributed by atoms with E-state index in [2.05, 4.69) is 5.10 Å². The lowest BCUT2D eigenvalue weighted by Crippen LogP contribution is -2.48. The average molecular weight is 289 g/mol. The summed E-state index contributed by atoms with van der Waals surface area (Å²) in [4.78, 5) is 14.2. The summed E-state index contributed by atoms with van der Waals surface area (Å²) in [7, 11) is 0. The van der Waals surface area contributed by atoms with Gasteiger partial charge in [0.25, 0.3) is 5.91 Å². The molecule has 3 rings (SSSR count). The van der Waals surface area contributed by atoms with Gasteiger partial charge in [0, 0.05) is 25.5 Å². The molecule has 21 heavy (non-hydrogen) atoms. The number of nitrogens with zero attached hydrogens (tertiary/aromatic N) is 3. The first-order chi connectivity index (χ1) is 10.1. The van der Waals surface area contributed by atoms with Gasteiger partial charge in [-0.2, -0.15) is 5.10 Å². The van der Waals surface area contributed by atoms with E-state index in [0.29, 0.717) is 25.4 Å². The van der Waals surface area contributed by atoms with Crippen LogP contribution in [0.2, 0.25) is 0 Å². The van der Waals surface area contributed by atoms with Crippen LogP contribution in [0.15, 0.2) is 35.0 Å². The van der Waals surface area contributed by atoms with Crippen LogP contribution in [0.4, 0.5) is 0 Å². The second kappa shape index (κ2) is 5.73. The third-order valence-electron chi connectivity index (χ3n) is 3.46. The normalized spacial score (nSPS) is 22.5. The van der Waals surface area contributed by atoms with E-state index >= 15 is 0 Å². The van der Waals surface area contributed by atoms with Crippen molar-refractivity contribution in [3.63, 3.8) is 0 Å². The molecule has 0 aliphatic carbocycles. The highest BCUT2D eigenvalue weighted by Gasteiger charge is 2.28. The molecule has 1 aliphatic heterocycles. The predicted molar refractivity (Wildman–Crippen MR) is 75.9 cm³/mol. The maximum Gasteiger partial charge on any atom is 0.289 e. The molecule has 1 saturated heterocycles. The van der Waals surface area contributed by atoms with Gasteiger partial charge < -0.3 is 14.1 Å². The fourth-order valence-corrected chi connectivity index (χ4v) is 2.63. The Kier molecular flexibility index (Phi) is 3.79. The molecule has 0 saturated carbocycles. The van der Waals surface area contributed by atoms with Crippen molar-refractivity contribution < 1.29 is 13.9 Å². The number of furan rings is 1. The first kappa shape index (κ1) is 13.9. The van der Waals surface area contributed by atoms with Crippen LogP contribution in [-0.4, -0.2) is 45.9 Å². The monoisotopic (exact) mass is 289 g/mol. The largest absolute Gasteiger partial charge is 0.454 e. The molecule has 0 bridgehead atoms. The molecule has 1 amide bonds. The van der Waals surface area contributed by atoms with E-state index in [-0.39, 0.29) is 18.1 Å². The minimum absolute atomic E-state index is 0.0520. The number of hydrogen-bond acceptors (Lipinski definition) is 4. The van der Waals surface area contributed by atoms with Crippen LogP contribution in [0.25, 0.3) is 0 Å². The van der Waals surface area contributed by atoms with Gasteiger partial charge in [0.15, 0.2) is 5.76 Å². The van der Waals surface area contributed by atoms with Gasteiger partial charge in [-0.1, -0.05) is 0 Å². The van der Waals surface area contributed by atoms with Gasteiger partial charge in [-0.25, -0.2) is 0 Å². The molecule has 2 atom stereocenters. The van der Waals surface area contributed by atoms with Crippen molar-refractivity contribution in [2.45, 2.75) is 32.6 Å². The molecule has 6 nitrogen and oxygen atoms in total. The molecular formula is C15H19N3O3. The Morgan fingerprint density at radius 2 is 2.10 bits per heavy atom. The maximum absolute atomic E-state index is 12.5. The SMILES string of the molecule is CC1CN(C(=O)c2ccc(Cn3cccn3)o2)CC(C)O1. The molecule has 3 heterocycles. The fourth-order valence-electron chi connectivity index (χ4n) is 2.63. The predicted octanol–water partition coefficient (Wildman–Crippen LogP) is 1.77. The number of rotatable bonds is 3. The molecule has 2 aromatic rings. The minimum atomic E-state index is -0.0799. The fraction of sp³-hybridized carbons (Fsp3) is 0.467. The first-order valence-electron chi connectivity index (χ1n) is 7.12. The zero-order chi connectivity index (χ0) is 14.8. The number of hydrogen-bond donors (Lipinski definition) is 0. The summed E-state index contributed by atoms with van der Waals surface area (Å²) in [5, 5.41) is 4.12. The van der Waals surface area contributed by atoms with Gasteiger partial charge in [0.2, 0.25) is 0 Å². The van der Waals surface area contributed by atoms with Crippen LogP contribution in [0.5, 0.6) is 0 Å². The number of carbonyl (C=O) groups excluding carboxylic acids is 1. The van der Waals surface area contributed by atoms with Crippen LogP contribution in [0, 0.1) is 0 Å². The summed E-state index contributed by atoms with van der Waals surface area (Å²) < 4.78 is 13.0. The molecule has 2 aromatic heterocycles. The topological polar surface area (TPSA) is 60.5 Å². The Hall–Kier alpha value is -2.08. The Labute approximate surface area is 123 Å². The van der Waals surface area contributed by atoms with E-state index in [1.165, 1.54) is 0 Å². The average Bonchev–Trinajstić information content (AvgIpc) is 3.09. The van der Waals surface area contributed by atoms with Gasteiger partial charge in [0.1, 0.15) is 5.76 Å². The summed E-state index contributed by atoms with van der Waals surface area (Å²) in [6, 6.07) is 5.40. The van der Waals surface area contributed by atoms with Crippen molar-refractivity contribution >= 4 is 5.91 Å². The smallest absolute Gasteiger partial charge is 0.289 e. The number of amides is 1. The van der Waals surface area contributed by atoms with Crippen molar-refractivity contribution in [3.8, 4) is 0 Å². The lowest BCUT2D eigenvalue weighted by molar-refractivity contribution is -0.0592. The van der Waals surface area contributed by atoms with E-state index in [1.54, 1.807) is 21.8 Å². The van der Waals surface area contributed by atoms with Gasteiger partial charge in [-0.05, 0) is 32.0 Å². The summed E-state index contributed by atoms with van der Waals surface area (Å²) in [5.74, 6) is 1.01. The highest BCUT2D eigenvalue weighted by molar-refractivity contribution is 5.91. The molecule has 2 unspecified atom stereocenters. The molecule has 0 radical (unpaired) electrons. The molecule has 1 aliphatic rings. The van der Waals surface area contributed by atoms with Crippen LogP contribution in [0.1, 0.15) is 30.2 Å². The number of morpholine rings is 1. The highest BCUT2D eigenvalue weighted by Crippen LogP contribution is 2.16. The van der Waals surface area contributed by atoms with Crippen LogP contribution < -0.4 is 0 Å². The number of carbonyl (C=O) groups is 1. The minimum Gasteiger partial charge on any atom is -0.454 e. The van der Waals surface area contributed by atoms with E-state index < -0.39 is 0 Å². The Morgan fingerprint density at radius 1 is 1.33 bits per heavy atom. The second-order valence-corrected chi connectivity index (χ2v) is 5.44. The summed E-state index contributed by atoms with van der Waals surface area (Å²) >= 11 is 0. The third kappa shape index (κ3) is 3.16. The van der Waals surface area contributed by atoms with Gasteiger partial charge in [-0.15, -0.1) is 0 Å². The lowest BCUT2D eigenvalue weighted by atomic mass is 10.2. The maximum atomic E-state index is 12.5. The van der Waals surface area contributed by atoms with Crippen molar-refractivity contribution in [1.29, 1.82) is 0 Å². The van der Waals surface area contributed by atoms with E-state index in [1.807, 2.05) is 32.2 Å². The first-order valence-corrected chi connectivity index (χ1v) is 7.12. The van der Waals surface area contributed by atoms with Crippen molar-refractivity contribution in [2.24, 2.45) is 0 Å². The molecule has 112 valence electrons. The van der Waals surface area contributed by atoms with Crippen molar-refractivity contribution in [1.82, 2.24) is 14.7 Å². The zero-order valence-electron chi connectivity index (χ0n) is 12.2. The van der Waals surface area contributed by atoms with Crippen molar-refractivity contribution in [2.75, 3.05) is 13.1 Å². The lowest BCUT2D eigenvalue weighted by Gasteiger charge is -2.34. The van der Waals surface area contributed by atoms with Gasteiger partial charge in [0.05, 0.1) is 18.8 Å². The van der Waals surface area contributed by atoms with Gasteiger partial charge in [-0.3, -0.25) is 9.48 Å². The van der Waals surface area contributed by atoms with E-state index in [0.717, 1.165) is 5.76 Å². The molecular weight excluding hydrogens is 270 g/mol. The quantitative estimate of drug-likeness (QED) is 0.864. The summed E-state index contributed by atoms with van der Waals surface area (Å²) in [6.07, 6.45) is 3.67. The molecule has 0 N–H and O–H groups in total. The van der Waals surface area contributed by atoms with Crippen molar-refractivity contribution in [3.05, 3.63) is 42.1 Å². The molecule has 0 aromatic carbocycles. The number of ether oxygens (including phenoxy) is 1. The van der Waals surface area contributed by atoms with Crippen LogP contribution >= 0.6 is 0 Å². The Bertz CT molecular complexity index is 595. The van der Waals surface area contributed by atoms with E-state index in [4.69, 9.17) is 9.15 Å². The Balaban J connectivity index is 1.69.